The van der Waals surface area contributed by atoms with E-state index in [2.05, 4.69) is 32.3 Å². The van der Waals surface area contributed by atoms with Crippen molar-refractivity contribution in [3.63, 3.8) is 0 Å². The first-order valence-corrected chi connectivity index (χ1v) is 10.9. The monoisotopic (exact) mass is 452 g/mol. The van der Waals surface area contributed by atoms with E-state index in [0.717, 1.165) is 0 Å². The van der Waals surface area contributed by atoms with Gasteiger partial charge in [-0.2, -0.15) is 0 Å². The van der Waals surface area contributed by atoms with E-state index < -0.39 is 12.3 Å². The molecule has 2 heterocycles. The van der Waals surface area contributed by atoms with Crippen molar-refractivity contribution in [2.75, 3.05) is 12.4 Å². The predicted octanol–water partition coefficient (Wildman–Crippen LogP) is 4.95. The normalized spacial score (nSPS) is 17.6. The van der Waals surface area contributed by atoms with E-state index in [0.29, 0.717) is 38.3 Å². The molecule has 2 aliphatic rings. The van der Waals surface area contributed by atoms with Crippen molar-refractivity contribution >= 4 is 22.4 Å². The molecule has 1 amide bonds. The van der Waals surface area contributed by atoms with Gasteiger partial charge in [0.15, 0.2) is 5.01 Å². The Morgan fingerprint density at radius 2 is 2.12 bits per heavy atom. The van der Waals surface area contributed by atoms with E-state index in [4.69, 9.17) is 4.74 Å². The van der Waals surface area contributed by atoms with Crippen LogP contribution < -0.4 is 10.1 Å². The maximum Gasteiger partial charge on any atom is 0.263 e. The molecule has 1 atom stereocenters. The first-order valence-electron chi connectivity index (χ1n) is 10.1. The Morgan fingerprint density at radius 1 is 1.28 bits per heavy atom. The third kappa shape index (κ3) is 3.94. The zero-order valence-corrected chi connectivity index (χ0v) is 17.9. The number of anilines is 1. The van der Waals surface area contributed by atoms with E-state index in [-0.39, 0.29) is 11.1 Å². The molecule has 2 aliphatic carbocycles. The second-order valence-corrected chi connectivity index (χ2v) is 8.91. The summed E-state index contributed by atoms with van der Waals surface area (Å²) in [6.07, 6.45) is 3.96. The van der Waals surface area contributed by atoms with E-state index in [1.165, 1.54) is 74.4 Å². The molecule has 162 valence electrons. The van der Waals surface area contributed by atoms with Gasteiger partial charge in [0.2, 0.25) is 5.13 Å². The van der Waals surface area contributed by atoms with Crippen molar-refractivity contribution in [3.05, 3.63) is 52.8 Å². The average molecular weight is 452 g/mol. The molecule has 1 spiro atoms. The maximum absolute atomic E-state index is 13.2. The Balaban J connectivity index is 1.38. The first kappa shape index (κ1) is 20.5. The summed E-state index contributed by atoms with van der Waals surface area (Å²) in [5.74, 6) is 6.66. The van der Waals surface area contributed by atoms with Crippen LogP contribution in [0.3, 0.4) is 0 Å². The van der Waals surface area contributed by atoms with Crippen molar-refractivity contribution in [3.8, 4) is 28.7 Å². The predicted molar refractivity (Wildman–Crippen MR) is 116 cm³/mol. The van der Waals surface area contributed by atoms with Crippen LogP contribution in [0.15, 0.2) is 36.7 Å². The SMILES string of the molecule is COc1ccc(C(F)F)cc1-c1cnccc1C(=O)Nc1nnc(C#CC2CC23CC3)s1. The quantitative estimate of drug-likeness (QED) is 0.555. The van der Waals surface area contributed by atoms with Gasteiger partial charge in [0.05, 0.1) is 12.7 Å². The molecule has 3 aromatic rings. The second-order valence-electron chi connectivity index (χ2n) is 7.94. The molecule has 2 saturated carbocycles. The molecule has 1 aromatic carbocycles. The largest absolute Gasteiger partial charge is 0.496 e. The lowest BCUT2D eigenvalue weighted by molar-refractivity contribution is 0.102. The van der Waals surface area contributed by atoms with Gasteiger partial charge in [0.1, 0.15) is 5.75 Å². The zero-order chi connectivity index (χ0) is 22.3. The fraction of sp³-hybridized carbons (Fsp3) is 0.304. The van der Waals surface area contributed by atoms with Crippen LogP contribution in [-0.4, -0.2) is 28.2 Å². The number of ether oxygens (including phenoxy) is 1. The van der Waals surface area contributed by atoms with Crippen LogP contribution in [0.5, 0.6) is 5.75 Å². The summed E-state index contributed by atoms with van der Waals surface area (Å²) in [7, 11) is 1.44. The molecular weight excluding hydrogens is 434 g/mol. The Morgan fingerprint density at radius 3 is 2.84 bits per heavy atom. The van der Waals surface area contributed by atoms with Crippen molar-refractivity contribution in [2.45, 2.75) is 25.7 Å². The molecule has 0 bridgehead atoms. The van der Waals surface area contributed by atoms with Gasteiger partial charge in [-0.3, -0.25) is 15.1 Å². The average Bonchev–Trinajstić information content (AvgIpc) is 3.69. The van der Waals surface area contributed by atoms with Gasteiger partial charge in [-0.1, -0.05) is 17.3 Å². The highest BCUT2D eigenvalue weighted by atomic mass is 32.1. The van der Waals surface area contributed by atoms with E-state index in [1.54, 1.807) is 0 Å². The number of nitrogens with zero attached hydrogens (tertiary/aromatic N) is 3. The van der Waals surface area contributed by atoms with Gasteiger partial charge in [0.25, 0.3) is 12.3 Å². The fourth-order valence-electron chi connectivity index (χ4n) is 3.78. The number of hydrogen-bond donors (Lipinski definition) is 1. The fourth-order valence-corrected chi connectivity index (χ4v) is 4.38. The number of halogens is 2. The highest BCUT2D eigenvalue weighted by Crippen LogP contribution is 2.70. The number of carbonyl (C=O) groups excluding carboxylic acids is 1. The number of pyridine rings is 1. The van der Waals surface area contributed by atoms with Gasteiger partial charge in [0, 0.05) is 35.0 Å². The third-order valence-electron chi connectivity index (χ3n) is 5.91. The number of hydrogen-bond acceptors (Lipinski definition) is 6. The van der Waals surface area contributed by atoms with E-state index in [1.807, 2.05) is 0 Å². The lowest BCUT2D eigenvalue weighted by Crippen LogP contribution is -2.13. The number of carbonyl (C=O) groups is 1. The molecule has 0 radical (unpaired) electrons. The molecule has 6 nitrogen and oxygen atoms in total. The van der Waals surface area contributed by atoms with Crippen molar-refractivity contribution < 1.29 is 18.3 Å². The number of rotatable bonds is 5. The zero-order valence-electron chi connectivity index (χ0n) is 17.1. The summed E-state index contributed by atoms with van der Waals surface area (Å²) in [5.41, 5.74) is 1.30. The Hall–Kier alpha value is -3.38. The number of alkyl halides is 2. The van der Waals surface area contributed by atoms with Gasteiger partial charge >= 0.3 is 0 Å². The molecule has 2 aromatic heterocycles. The summed E-state index contributed by atoms with van der Waals surface area (Å²) >= 11 is 1.19. The lowest BCUT2D eigenvalue weighted by atomic mass is 9.98. The van der Waals surface area contributed by atoms with Crippen LogP contribution in [0.4, 0.5) is 13.9 Å². The number of methoxy groups -OCH3 is 1. The third-order valence-corrected chi connectivity index (χ3v) is 6.67. The molecule has 0 saturated heterocycles. The highest BCUT2D eigenvalue weighted by Gasteiger charge is 2.62. The Bertz CT molecular complexity index is 1260. The van der Waals surface area contributed by atoms with Gasteiger partial charge in [-0.25, -0.2) is 8.78 Å². The molecule has 1 unspecified atom stereocenters. The summed E-state index contributed by atoms with van der Waals surface area (Å²) in [6, 6.07) is 5.57. The summed E-state index contributed by atoms with van der Waals surface area (Å²) in [4.78, 5) is 17.0. The van der Waals surface area contributed by atoms with Crippen LogP contribution in [0, 0.1) is 23.2 Å². The number of benzene rings is 1. The van der Waals surface area contributed by atoms with E-state index in [9.17, 15) is 13.6 Å². The van der Waals surface area contributed by atoms with Crippen molar-refractivity contribution in [1.82, 2.24) is 15.2 Å². The summed E-state index contributed by atoms with van der Waals surface area (Å²) < 4.78 is 31.8. The molecule has 5 rings (SSSR count). The lowest BCUT2D eigenvalue weighted by Gasteiger charge is -2.13. The summed E-state index contributed by atoms with van der Waals surface area (Å²) in [6.45, 7) is 0. The van der Waals surface area contributed by atoms with Crippen LogP contribution in [0.1, 0.15) is 46.6 Å². The van der Waals surface area contributed by atoms with Crippen LogP contribution in [-0.2, 0) is 0 Å². The topological polar surface area (TPSA) is 77.0 Å². The van der Waals surface area contributed by atoms with Crippen LogP contribution >= 0.6 is 11.3 Å². The molecule has 0 aliphatic heterocycles. The van der Waals surface area contributed by atoms with Crippen LogP contribution in [0.25, 0.3) is 11.1 Å². The van der Waals surface area contributed by atoms with Crippen molar-refractivity contribution in [2.24, 2.45) is 11.3 Å². The molecule has 32 heavy (non-hydrogen) atoms. The molecule has 2 fully saturated rings. The number of amides is 1. The molecule has 1 N–H and O–H groups in total. The Labute approximate surface area is 187 Å². The minimum atomic E-state index is -2.65. The minimum absolute atomic E-state index is 0.174. The smallest absolute Gasteiger partial charge is 0.263 e. The van der Waals surface area contributed by atoms with E-state index >= 15 is 0 Å². The minimum Gasteiger partial charge on any atom is -0.496 e. The Kier molecular flexibility index (Phi) is 5.10. The first-order chi connectivity index (χ1) is 15.5. The number of nitrogens with one attached hydrogen (secondary N) is 1. The second kappa shape index (κ2) is 7.95. The van der Waals surface area contributed by atoms with Crippen molar-refractivity contribution in [1.29, 1.82) is 0 Å². The summed E-state index contributed by atoms with van der Waals surface area (Å²) in [5, 5.41) is 11.6. The van der Waals surface area contributed by atoms with Gasteiger partial charge in [-0.15, -0.1) is 10.2 Å². The highest BCUT2D eigenvalue weighted by molar-refractivity contribution is 7.15. The number of aromatic nitrogens is 3. The maximum atomic E-state index is 13.2. The molecular formula is C23H18F2N4O2S. The standard InChI is InChI=1S/C23H18F2N4O2S/c1-31-18-4-2-13(20(24)25)10-16(18)17-12-26-9-6-15(17)21(30)27-22-29-28-19(32-22)5-3-14-11-23(14)7-8-23/h2,4,6,9-10,12,14,20H,7-8,11H2,1H3,(H,27,29,30). The molecule has 9 heteroatoms. The van der Waals surface area contributed by atoms with Gasteiger partial charge < -0.3 is 4.74 Å². The van der Waals surface area contributed by atoms with Gasteiger partial charge in [-0.05, 0) is 54.9 Å². The van der Waals surface area contributed by atoms with Crippen LogP contribution in [0.2, 0.25) is 0 Å².